The molecule has 1 rings (SSSR count). The van der Waals surface area contributed by atoms with E-state index in [0.29, 0.717) is 10.5 Å². The SMILES string of the molecule is NC(=O)c1ccc(SF)cc1. The van der Waals surface area contributed by atoms with E-state index >= 15 is 0 Å². The molecule has 2 nitrogen and oxygen atoms in total. The molecule has 1 aromatic carbocycles. The summed E-state index contributed by atoms with van der Waals surface area (Å²) in [6.45, 7) is 0. The minimum atomic E-state index is -0.500. The highest BCUT2D eigenvalue weighted by Crippen LogP contribution is 2.18. The van der Waals surface area contributed by atoms with Crippen LogP contribution >= 0.6 is 12.1 Å². The Morgan fingerprint density at radius 1 is 1.36 bits per heavy atom. The van der Waals surface area contributed by atoms with Gasteiger partial charge in [-0.1, -0.05) is 0 Å². The van der Waals surface area contributed by atoms with Gasteiger partial charge in [-0.05, 0) is 24.3 Å². The van der Waals surface area contributed by atoms with E-state index in [1.165, 1.54) is 24.3 Å². The van der Waals surface area contributed by atoms with Gasteiger partial charge in [-0.25, -0.2) is 0 Å². The van der Waals surface area contributed by atoms with Crippen LogP contribution in [0, 0.1) is 0 Å². The second-order valence-electron chi connectivity index (χ2n) is 1.97. The first-order valence-corrected chi connectivity index (χ1v) is 3.64. The lowest BCUT2D eigenvalue weighted by Crippen LogP contribution is -2.10. The second kappa shape index (κ2) is 3.39. The predicted octanol–water partition coefficient (Wildman–Crippen LogP) is 1.76. The Morgan fingerprint density at radius 3 is 2.27 bits per heavy atom. The Labute approximate surface area is 67.9 Å². The van der Waals surface area contributed by atoms with Crippen LogP contribution in [0.5, 0.6) is 0 Å². The highest BCUT2D eigenvalue weighted by molar-refractivity contribution is 7.94. The first-order valence-electron chi connectivity index (χ1n) is 2.92. The van der Waals surface area contributed by atoms with E-state index in [-0.39, 0.29) is 12.1 Å². The number of halogens is 1. The quantitative estimate of drug-likeness (QED) is 0.736. The van der Waals surface area contributed by atoms with Crippen LogP contribution in [0.25, 0.3) is 0 Å². The lowest BCUT2D eigenvalue weighted by molar-refractivity contribution is 0.1000. The average molecular weight is 171 g/mol. The smallest absolute Gasteiger partial charge is 0.248 e. The molecule has 0 aromatic heterocycles. The van der Waals surface area contributed by atoms with Crippen molar-refractivity contribution < 1.29 is 8.68 Å². The van der Waals surface area contributed by atoms with E-state index < -0.39 is 5.91 Å². The zero-order chi connectivity index (χ0) is 8.27. The van der Waals surface area contributed by atoms with E-state index in [9.17, 15) is 8.68 Å². The number of rotatable bonds is 2. The van der Waals surface area contributed by atoms with Gasteiger partial charge in [0, 0.05) is 10.5 Å². The van der Waals surface area contributed by atoms with Gasteiger partial charge in [0.2, 0.25) is 5.91 Å². The molecule has 0 saturated carbocycles. The lowest BCUT2D eigenvalue weighted by atomic mass is 10.2. The number of benzene rings is 1. The summed E-state index contributed by atoms with van der Waals surface area (Å²) in [4.78, 5) is 11.0. The molecule has 0 aliphatic heterocycles. The average Bonchev–Trinajstić information content (AvgIpc) is 2.05. The highest BCUT2D eigenvalue weighted by Gasteiger charge is 1.98. The fraction of sp³-hybridized carbons (Fsp3) is 0. The third kappa shape index (κ3) is 1.94. The van der Waals surface area contributed by atoms with Crippen molar-refractivity contribution >= 4 is 18.1 Å². The first-order chi connectivity index (χ1) is 5.24. The standard InChI is InChI=1S/C7H6FNOS/c8-11-6-3-1-5(2-4-6)7(9)10/h1-4H,(H2,9,10). The van der Waals surface area contributed by atoms with Crippen LogP contribution in [0.1, 0.15) is 10.4 Å². The fourth-order valence-corrected chi connectivity index (χ4v) is 0.910. The molecule has 0 atom stereocenters. The summed E-state index contributed by atoms with van der Waals surface area (Å²) < 4.78 is 11.9. The number of hydrogen-bond acceptors (Lipinski definition) is 2. The molecule has 4 heteroatoms. The van der Waals surface area contributed by atoms with Crippen molar-refractivity contribution in [2.45, 2.75) is 4.90 Å². The first kappa shape index (κ1) is 8.07. The molecule has 1 aromatic rings. The van der Waals surface area contributed by atoms with Crippen LogP contribution in [0.4, 0.5) is 3.89 Å². The number of hydrogen-bond donors (Lipinski definition) is 1. The van der Waals surface area contributed by atoms with Gasteiger partial charge in [-0.15, -0.1) is 0 Å². The molecule has 0 heterocycles. The molecule has 2 N–H and O–H groups in total. The number of amides is 1. The Bertz CT molecular complexity index is 260. The normalized spacial score (nSPS) is 9.55. The number of carbonyl (C=O) groups is 1. The zero-order valence-corrected chi connectivity index (χ0v) is 6.40. The summed E-state index contributed by atoms with van der Waals surface area (Å²) in [6, 6.07) is 5.99. The Morgan fingerprint density at radius 2 is 1.91 bits per heavy atom. The Kier molecular flexibility index (Phi) is 2.48. The van der Waals surface area contributed by atoms with Crippen molar-refractivity contribution in [3.05, 3.63) is 29.8 Å². The van der Waals surface area contributed by atoms with Gasteiger partial charge in [0.1, 0.15) is 0 Å². The minimum absolute atomic E-state index is 0.137. The monoisotopic (exact) mass is 171 g/mol. The largest absolute Gasteiger partial charge is 0.366 e. The lowest BCUT2D eigenvalue weighted by Gasteiger charge is -1.94. The van der Waals surface area contributed by atoms with E-state index in [1.54, 1.807) is 0 Å². The molecule has 0 aliphatic carbocycles. The summed E-state index contributed by atoms with van der Waals surface area (Å²) in [6.07, 6.45) is 0. The molecule has 0 aliphatic rings. The Hall–Kier alpha value is -1.03. The van der Waals surface area contributed by atoms with Crippen molar-refractivity contribution in [3.63, 3.8) is 0 Å². The molecule has 0 unspecified atom stereocenters. The second-order valence-corrected chi connectivity index (χ2v) is 2.59. The molecular weight excluding hydrogens is 165 g/mol. The van der Waals surface area contributed by atoms with Crippen molar-refractivity contribution in [1.82, 2.24) is 0 Å². The van der Waals surface area contributed by atoms with Gasteiger partial charge in [0.25, 0.3) is 0 Å². The molecular formula is C7H6FNOS. The maximum atomic E-state index is 11.9. The van der Waals surface area contributed by atoms with E-state index in [2.05, 4.69) is 0 Å². The molecule has 58 valence electrons. The maximum Gasteiger partial charge on any atom is 0.248 e. The molecule has 0 bridgehead atoms. The van der Waals surface area contributed by atoms with Crippen LogP contribution < -0.4 is 5.73 Å². The molecule has 0 spiro atoms. The topological polar surface area (TPSA) is 43.1 Å². The van der Waals surface area contributed by atoms with Gasteiger partial charge in [0.05, 0.1) is 12.1 Å². The maximum absolute atomic E-state index is 11.9. The summed E-state index contributed by atoms with van der Waals surface area (Å²) in [7, 11) is 0. The predicted molar refractivity (Wildman–Crippen MR) is 41.9 cm³/mol. The van der Waals surface area contributed by atoms with Crippen molar-refractivity contribution in [3.8, 4) is 0 Å². The summed E-state index contributed by atoms with van der Waals surface area (Å²) in [5, 5.41) is 0. The van der Waals surface area contributed by atoms with E-state index in [1.807, 2.05) is 0 Å². The zero-order valence-electron chi connectivity index (χ0n) is 5.58. The van der Waals surface area contributed by atoms with Crippen molar-refractivity contribution in [2.24, 2.45) is 5.73 Å². The molecule has 0 fully saturated rings. The van der Waals surface area contributed by atoms with E-state index in [4.69, 9.17) is 5.73 Å². The third-order valence-electron chi connectivity index (χ3n) is 1.23. The Balaban J connectivity index is 2.91. The van der Waals surface area contributed by atoms with Crippen LogP contribution in [-0.4, -0.2) is 5.91 Å². The van der Waals surface area contributed by atoms with Gasteiger partial charge in [-0.3, -0.25) is 4.79 Å². The van der Waals surface area contributed by atoms with Gasteiger partial charge >= 0.3 is 0 Å². The van der Waals surface area contributed by atoms with Gasteiger partial charge in [-0.2, -0.15) is 3.89 Å². The molecule has 1 amide bonds. The molecule has 0 saturated heterocycles. The van der Waals surface area contributed by atoms with Gasteiger partial charge < -0.3 is 5.73 Å². The number of carbonyl (C=O) groups excluding carboxylic acids is 1. The number of primary amides is 1. The van der Waals surface area contributed by atoms with Crippen molar-refractivity contribution in [1.29, 1.82) is 0 Å². The van der Waals surface area contributed by atoms with Crippen molar-refractivity contribution in [2.75, 3.05) is 0 Å². The fourth-order valence-electron chi connectivity index (χ4n) is 0.671. The highest BCUT2D eigenvalue weighted by atomic mass is 32.2. The van der Waals surface area contributed by atoms with E-state index in [0.717, 1.165) is 0 Å². The van der Waals surface area contributed by atoms with Crippen LogP contribution in [-0.2, 0) is 0 Å². The van der Waals surface area contributed by atoms with Crippen LogP contribution in [0.2, 0.25) is 0 Å². The molecule has 0 radical (unpaired) electrons. The van der Waals surface area contributed by atoms with Crippen LogP contribution in [0.3, 0.4) is 0 Å². The summed E-state index contributed by atoms with van der Waals surface area (Å²) in [5.74, 6) is -0.500. The summed E-state index contributed by atoms with van der Waals surface area (Å²) in [5.41, 5.74) is 5.36. The third-order valence-corrected chi connectivity index (χ3v) is 1.68. The summed E-state index contributed by atoms with van der Waals surface area (Å²) >= 11 is 0.137. The number of nitrogens with two attached hydrogens (primary N) is 1. The van der Waals surface area contributed by atoms with Gasteiger partial charge in [0.15, 0.2) is 0 Å². The van der Waals surface area contributed by atoms with Crippen LogP contribution in [0.15, 0.2) is 29.2 Å². The minimum Gasteiger partial charge on any atom is -0.366 e. The molecule has 11 heavy (non-hydrogen) atoms.